The lowest BCUT2D eigenvalue weighted by atomic mass is 9.70. The van der Waals surface area contributed by atoms with E-state index in [2.05, 4.69) is 12.1 Å². The van der Waals surface area contributed by atoms with Gasteiger partial charge in [-0.3, -0.25) is 0 Å². The lowest BCUT2D eigenvalue weighted by Crippen LogP contribution is -2.26. The van der Waals surface area contributed by atoms with Gasteiger partial charge in [0, 0.05) is 6.61 Å². The zero-order valence-electron chi connectivity index (χ0n) is 8.44. The molecule has 0 heterocycles. The highest BCUT2D eigenvalue weighted by atomic mass is 16.5. The van der Waals surface area contributed by atoms with Crippen molar-refractivity contribution in [1.29, 1.82) is 0 Å². The molecule has 2 unspecified atom stereocenters. The van der Waals surface area contributed by atoms with E-state index in [4.69, 9.17) is 9.84 Å². The van der Waals surface area contributed by atoms with Crippen LogP contribution in [-0.4, -0.2) is 18.8 Å². The summed E-state index contributed by atoms with van der Waals surface area (Å²) >= 11 is 0. The van der Waals surface area contributed by atoms with Gasteiger partial charge in [0.2, 0.25) is 0 Å². The maximum Gasteiger partial charge on any atom is 0.119 e. The van der Waals surface area contributed by atoms with E-state index in [-0.39, 0.29) is 0 Å². The minimum Gasteiger partial charge on any atom is -0.497 e. The predicted octanol–water partition coefficient (Wildman–Crippen LogP) is 2.18. The van der Waals surface area contributed by atoms with E-state index in [0.717, 1.165) is 12.2 Å². The maximum atomic E-state index is 9.11. The zero-order valence-corrected chi connectivity index (χ0v) is 8.44. The van der Waals surface area contributed by atoms with Gasteiger partial charge in [-0.05, 0) is 42.4 Å². The average molecular weight is 192 g/mol. The fourth-order valence-corrected chi connectivity index (χ4v) is 2.10. The molecule has 2 heteroatoms. The molecule has 1 fully saturated rings. The minimum absolute atomic E-state index is 0.307. The average Bonchev–Trinajstić information content (AvgIpc) is 2.17. The summed E-state index contributed by atoms with van der Waals surface area (Å²) in [7, 11) is 1.68. The fraction of sp³-hybridized carbons (Fsp3) is 0.500. The molecule has 0 aliphatic heterocycles. The Morgan fingerprint density at radius 1 is 1.43 bits per heavy atom. The molecule has 0 aromatic heterocycles. The van der Waals surface area contributed by atoms with Gasteiger partial charge in [-0.15, -0.1) is 0 Å². The van der Waals surface area contributed by atoms with Crippen molar-refractivity contribution in [1.82, 2.24) is 0 Å². The molecule has 1 aliphatic rings. The standard InChI is InChI=1S/C12H16O2/c1-14-11-4-2-3-9(7-11)12-6-5-10(12)8-13/h2-4,7,10,12-13H,5-6,8H2,1H3. The first kappa shape index (κ1) is 9.53. The molecule has 1 aromatic carbocycles. The van der Waals surface area contributed by atoms with Crippen molar-refractivity contribution >= 4 is 0 Å². The molecule has 2 rings (SSSR count). The van der Waals surface area contributed by atoms with E-state index in [9.17, 15) is 0 Å². The topological polar surface area (TPSA) is 29.5 Å². The van der Waals surface area contributed by atoms with E-state index in [1.54, 1.807) is 7.11 Å². The van der Waals surface area contributed by atoms with Crippen LogP contribution in [0.2, 0.25) is 0 Å². The van der Waals surface area contributed by atoms with Crippen molar-refractivity contribution in [3.8, 4) is 5.75 Å². The fourth-order valence-electron chi connectivity index (χ4n) is 2.10. The maximum absolute atomic E-state index is 9.11. The summed E-state index contributed by atoms with van der Waals surface area (Å²) < 4.78 is 5.18. The van der Waals surface area contributed by atoms with Gasteiger partial charge in [-0.2, -0.15) is 0 Å². The molecule has 1 aliphatic carbocycles. The van der Waals surface area contributed by atoms with Gasteiger partial charge in [0.05, 0.1) is 7.11 Å². The number of hydrogen-bond donors (Lipinski definition) is 1. The number of methoxy groups -OCH3 is 1. The van der Waals surface area contributed by atoms with E-state index in [0.29, 0.717) is 18.4 Å². The molecular weight excluding hydrogens is 176 g/mol. The number of benzene rings is 1. The molecule has 1 N–H and O–H groups in total. The quantitative estimate of drug-likeness (QED) is 0.795. The van der Waals surface area contributed by atoms with Gasteiger partial charge in [-0.1, -0.05) is 12.1 Å². The van der Waals surface area contributed by atoms with Gasteiger partial charge in [-0.25, -0.2) is 0 Å². The van der Waals surface area contributed by atoms with Crippen LogP contribution < -0.4 is 4.74 Å². The zero-order chi connectivity index (χ0) is 9.97. The Hall–Kier alpha value is -1.02. The molecule has 0 spiro atoms. The van der Waals surface area contributed by atoms with Gasteiger partial charge in [0.25, 0.3) is 0 Å². The van der Waals surface area contributed by atoms with Gasteiger partial charge in [0.15, 0.2) is 0 Å². The second-order valence-corrected chi connectivity index (χ2v) is 3.90. The Balaban J connectivity index is 2.15. The Kier molecular flexibility index (Phi) is 2.73. The third-order valence-electron chi connectivity index (χ3n) is 3.17. The molecule has 1 aromatic rings. The van der Waals surface area contributed by atoms with Crippen LogP contribution in [0, 0.1) is 5.92 Å². The highest BCUT2D eigenvalue weighted by Crippen LogP contribution is 2.42. The van der Waals surface area contributed by atoms with E-state index in [1.165, 1.54) is 12.0 Å². The molecule has 2 atom stereocenters. The van der Waals surface area contributed by atoms with Crippen LogP contribution in [0.1, 0.15) is 24.3 Å². The third-order valence-corrected chi connectivity index (χ3v) is 3.17. The largest absolute Gasteiger partial charge is 0.497 e. The van der Waals surface area contributed by atoms with Crippen LogP contribution in [0.15, 0.2) is 24.3 Å². The van der Waals surface area contributed by atoms with Gasteiger partial charge >= 0.3 is 0 Å². The summed E-state index contributed by atoms with van der Waals surface area (Å²) in [6, 6.07) is 8.17. The van der Waals surface area contributed by atoms with E-state index >= 15 is 0 Å². The van der Waals surface area contributed by atoms with E-state index < -0.39 is 0 Å². The summed E-state index contributed by atoms with van der Waals surface area (Å²) in [6.45, 7) is 0.307. The normalized spacial score (nSPS) is 25.6. The summed E-state index contributed by atoms with van der Waals surface area (Å²) in [6.07, 6.45) is 2.34. The first-order valence-electron chi connectivity index (χ1n) is 5.10. The molecule has 14 heavy (non-hydrogen) atoms. The van der Waals surface area contributed by atoms with Crippen LogP contribution in [0.3, 0.4) is 0 Å². The van der Waals surface area contributed by atoms with Crippen molar-refractivity contribution in [3.05, 3.63) is 29.8 Å². The molecule has 76 valence electrons. The number of hydrogen-bond acceptors (Lipinski definition) is 2. The van der Waals surface area contributed by atoms with Crippen LogP contribution >= 0.6 is 0 Å². The lowest BCUT2D eigenvalue weighted by molar-refractivity contribution is 0.135. The molecular formula is C12H16O2. The van der Waals surface area contributed by atoms with Crippen LogP contribution in [-0.2, 0) is 0 Å². The Labute approximate surface area is 84.5 Å². The molecule has 1 saturated carbocycles. The number of aliphatic hydroxyl groups excluding tert-OH is 1. The van der Waals surface area contributed by atoms with Gasteiger partial charge < -0.3 is 9.84 Å². The molecule has 0 bridgehead atoms. The summed E-state index contributed by atoms with van der Waals surface area (Å²) in [5.41, 5.74) is 1.30. The van der Waals surface area contributed by atoms with Crippen molar-refractivity contribution in [2.75, 3.05) is 13.7 Å². The van der Waals surface area contributed by atoms with Crippen molar-refractivity contribution in [2.45, 2.75) is 18.8 Å². The Morgan fingerprint density at radius 2 is 2.29 bits per heavy atom. The second-order valence-electron chi connectivity index (χ2n) is 3.90. The first-order chi connectivity index (χ1) is 6.85. The van der Waals surface area contributed by atoms with Crippen molar-refractivity contribution in [3.63, 3.8) is 0 Å². The number of rotatable bonds is 3. The molecule has 0 amide bonds. The third kappa shape index (κ3) is 1.62. The number of ether oxygens (including phenoxy) is 1. The molecule has 0 saturated heterocycles. The highest BCUT2D eigenvalue weighted by molar-refractivity contribution is 5.32. The summed E-state index contributed by atoms with van der Waals surface area (Å²) in [4.78, 5) is 0. The highest BCUT2D eigenvalue weighted by Gasteiger charge is 2.31. The van der Waals surface area contributed by atoms with Crippen LogP contribution in [0.4, 0.5) is 0 Å². The van der Waals surface area contributed by atoms with Gasteiger partial charge in [0.1, 0.15) is 5.75 Å². The number of aliphatic hydroxyl groups is 1. The molecule has 2 nitrogen and oxygen atoms in total. The van der Waals surface area contributed by atoms with Crippen LogP contribution in [0.5, 0.6) is 5.75 Å². The minimum atomic E-state index is 0.307. The van der Waals surface area contributed by atoms with Crippen molar-refractivity contribution in [2.24, 2.45) is 5.92 Å². The Morgan fingerprint density at radius 3 is 2.86 bits per heavy atom. The first-order valence-corrected chi connectivity index (χ1v) is 5.10. The van der Waals surface area contributed by atoms with E-state index in [1.807, 2.05) is 12.1 Å². The Bertz CT molecular complexity index is 307. The van der Waals surface area contributed by atoms with Crippen LogP contribution in [0.25, 0.3) is 0 Å². The monoisotopic (exact) mass is 192 g/mol. The second kappa shape index (κ2) is 4.01. The summed E-state index contributed by atoms with van der Waals surface area (Å²) in [5, 5.41) is 9.11. The summed E-state index contributed by atoms with van der Waals surface area (Å²) in [5.74, 6) is 1.91. The van der Waals surface area contributed by atoms with Crippen molar-refractivity contribution < 1.29 is 9.84 Å². The SMILES string of the molecule is COc1cccc(C2CCC2CO)c1. The molecule has 0 radical (unpaired) electrons. The lowest BCUT2D eigenvalue weighted by Gasteiger charge is -2.35. The predicted molar refractivity (Wildman–Crippen MR) is 55.5 cm³/mol. The smallest absolute Gasteiger partial charge is 0.119 e.